The molecule has 18 heavy (non-hydrogen) atoms. The second-order valence-corrected chi connectivity index (χ2v) is 5.09. The van der Waals surface area contributed by atoms with Crippen molar-refractivity contribution >= 4 is 22.9 Å². The summed E-state index contributed by atoms with van der Waals surface area (Å²) in [6, 6.07) is 2.25. The van der Waals surface area contributed by atoms with E-state index in [-0.39, 0.29) is 0 Å². The van der Waals surface area contributed by atoms with Crippen LogP contribution in [0.3, 0.4) is 0 Å². The lowest BCUT2D eigenvalue weighted by Gasteiger charge is -2.33. The first kappa shape index (κ1) is 14.9. The van der Waals surface area contributed by atoms with Gasteiger partial charge in [0.05, 0.1) is 11.9 Å². The van der Waals surface area contributed by atoms with E-state index >= 15 is 0 Å². The zero-order chi connectivity index (χ0) is 13.7. The Morgan fingerprint density at radius 1 is 1.50 bits per heavy atom. The van der Waals surface area contributed by atoms with Gasteiger partial charge in [-0.05, 0) is 34.0 Å². The highest BCUT2D eigenvalue weighted by atomic mass is 32.1. The zero-order valence-electron chi connectivity index (χ0n) is 11.6. The van der Waals surface area contributed by atoms with Crippen LogP contribution in [0.2, 0.25) is 0 Å². The Labute approximate surface area is 115 Å². The molecule has 0 saturated heterocycles. The Hall–Kier alpha value is -1.20. The van der Waals surface area contributed by atoms with Crippen molar-refractivity contribution in [2.45, 2.75) is 19.9 Å². The molecule has 0 aliphatic heterocycles. The van der Waals surface area contributed by atoms with Crippen LogP contribution in [-0.2, 0) is 0 Å². The van der Waals surface area contributed by atoms with E-state index < -0.39 is 0 Å². The fourth-order valence-electron chi connectivity index (χ4n) is 2.17. The maximum Gasteiger partial charge on any atom is 0.106 e. The smallest absolute Gasteiger partial charge is 0.106 e. The van der Waals surface area contributed by atoms with Gasteiger partial charge >= 0.3 is 0 Å². The van der Waals surface area contributed by atoms with Gasteiger partial charge in [-0.25, -0.2) is 0 Å². The fourth-order valence-corrected chi connectivity index (χ4v) is 2.34. The Bertz CT molecular complexity index is 406. The summed E-state index contributed by atoms with van der Waals surface area (Å²) in [4.78, 5) is 9.06. The fraction of sp³-hybridized carbons (Fsp3) is 0.538. The van der Waals surface area contributed by atoms with Crippen LogP contribution >= 0.6 is 12.2 Å². The quantitative estimate of drug-likeness (QED) is 0.791. The van der Waals surface area contributed by atoms with Crippen molar-refractivity contribution in [2.75, 3.05) is 32.1 Å². The van der Waals surface area contributed by atoms with Crippen LogP contribution < -0.4 is 10.6 Å². The highest BCUT2D eigenvalue weighted by molar-refractivity contribution is 7.80. The molecule has 1 atom stereocenters. The molecule has 1 aromatic heterocycles. The van der Waals surface area contributed by atoms with Gasteiger partial charge in [-0.3, -0.25) is 4.98 Å². The molecule has 2 N–H and O–H groups in total. The summed E-state index contributed by atoms with van der Waals surface area (Å²) < 4.78 is 0. The molecule has 1 unspecified atom stereocenters. The van der Waals surface area contributed by atoms with Crippen LogP contribution in [0.4, 0.5) is 5.69 Å². The van der Waals surface area contributed by atoms with Gasteiger partial charge in [-0.1, -0.05) is 12.2 Å². The number of thiocarbonyl (C=S) groups is 1. The third-order valence-corrected chi connectivity index (χ3v) is 3.10. The minimum atomic E-state index is 0.377. The molecule has 5 heteroatoms. The number of hydrogen-bond acceptors (Lipinski definition) is 4. The molecular formula is C13H22N4S. The number of aromatic nitrogens is 1. The van der Waals surface area contributed by atoms with Crippen molar-refractivity contribution in [1.29, 1.82) is 0 Å². The molecular weight excluding hydrogens is 244 g/mol. The van der Waals surface area contributed by atoms with E-state index in [1.165, 1.54) is 0 Å². The topological polar surface area (TPSA) is 45.4 Å². The minimum absolute atomic E-state index is 0.377. The molecule has 4 nitrogen and oxygen atoms in total. The Morgan fingerprint density at radius 2 is 2.17 bits per heavy atom. The molecule has 0 fully saturated rings. The van der Waals surface area contributed by atoms with Gasteiger partial charge in [0, 0.05) is 30.9 Å². The standard InChI is InChI=1S/C13H22N4S/c1-5-17(10(2)9-16(3)4)12-8-15-7-6-11(12)13(14)18/h6-8,10H,5,9H2,1-4H3,(H2,14,18). The number of hydrogen-bond donors (Lipinski definition) is 1. The van der Waals surface area contributed by atoms with Crippen LogP contribution in [0.1, 0.15) is 19.4 Å². The number of anilines is 1. The molecule has 0 aliphatic carbocycles. The minimum Gasteiger partial charge on any atom is -0.389 e. The molecule has 1 rings (SSSR count). The third kappa shape index (κ3) is 3.65. The molecule has 1 heterocycles. The van der Waals surface area contributed by atoms with E-state index in [0.717, 1.165) is 24.3 Å². The van der Waals surface area contributed by atoms with E-state index in [1.54, 1.807) is 6.20 Å². The predicted octanol–water partition coefficient (Wildman–Crippen LogP) is 1.49. The molecule has 0 aromatic carbocycles. The van der Waals surface area contributed by atoms with Gasteiger partial charge in [0.2, 0.25) is 0 Å². The normalized spacial score (nSPS) is 12.5. The Morgan fingerprint density at radius 3 is 2.67 bits per heavy atom. The van der Waals surface area contributed by atoms with Crippen LogP contribution in [0.15, 0.2) is 18.5 Å². The van der Waals surface area contributed by atoms with Crippen LogP contribution in [-0.4, -0.2) is 48.1 Å². The number of likely N-dealkylation sites (N-methyl/N-ethyl adjacent to an activating group) is 2. The maximum atomic E-state index is 5.78. The number of nitrogens with zero attached hydrogens (tertiary/aromatic N) is 3. The molecule has 100 valence electrons. The molecule has 0 aliphatic rings. The lowest BCUT2D eigenvalue weighted by molar-refractivity contribution is 0.373. The van der Waals surface area contributed by atoms with Gasteiger partial charge < -0.3 is 15.5 Å². The van der Waals surface area contributed by atoms with Crippen LogP contribution in [0, 0.1) is 0 Å². The van der Waals surface area contributed by atoms with Crippen molar-refractivity contribution in [3.05, 3.63) is 24.0 Å². The van der Waals surface area contributed by atoms with E-state index in [2.05, 4.69) is 42.7 Å². The predicted molar refractivity (Wildman–Crippen MR) is 81.2 cm³/mol. The molecule has 0 bridgehead atoms. The lowest BCUT2D eigenvalue weighted by atomic mass is 10.1. The van der Waals surface area contributed by atoms with Crippen molar-refractivity contribution in [3.63, 3.8) is 0 Å². The van der Waals surface area contributed by atoms with Gasteiger partial charge in [0.25, 0.3) is 0 Å². The molecule has 1 aromatic rings. The largest absolute Gasteiger partial charge is 0.389 e. The first-order valence-corrected chi connectivity index (χ1v) is 6.53. The first-order valence-electron chi connectivity index (χ1n) is 6.12. The molecule has 0 radical (unpaired) electrons. The average Bonchev–Trinajstić information content (AvgIpc) is 2.29. The summed E-state index contributed by atoms with van der Waals surface area (Å²) in [6.45, 7) is 6.19. The second kappa shape index (κ2) is 6.66. The van der Waals surface area contributed by atoms with Crippen LogP contribution in [0.25, 0.3) is 0 Å². The number of pyridine rings is 1. The average molecular weight is 266 g/mol. The monoisotopic (exact) mass is 266 g/mol. The summed E-state index contributed by atoms with van der Waals surface area (Å²) in [6.07, 6.45) is 3.56. The Balaban J connectivity index is 3.05. The SMILES string of the molecule is CCN(c1cnccc1C(N)=S)C(C)CN(C)C. The van der Waals surface area contributed by atoms with E-state index in [9.17, 15) is 0 Å². The Kier molecular flexibility index (Phi) is 5.50. The van der Waals surface area contributed by atoms with E-state index in [1.807, 2.05) is 12.3 Å². The van der Waals surface area contributed by atoms with Gasteiger partial charge in [0.1, 0.15) is 4.99 Å². The van der Waals surface area contributed by atoms with Crippen molar-refractivity contribution in [3.8, 4) is 0 Å². The molecule has 0 saturated carbocycles. The summed E-state index contributed by atoms with van der Waals surface area (Å²) in [5.74, 6) is 0. The highest BCUT2D eigenvalue weighted by Gasteiger charge is 2.17. The van der Waals surface area contributed by atoms with Gasteiger partial charge in [0.15, 0.2) is 0 Å². The second-order valence-electron chi connectivity index (χ2n) is 4.65. The van der Waals surface area contributed by atoms with Crippen molar-refractivity contribution in [2.24, 2.45) is 5.73 Å². The van der Waals surface area contributed by atoms with E-state index in [0.29, 0.717) is 11.0 Å². The first-order chi connectivity index (χ1) is 8.47. The van der Waals surface area contributed by atoms with Crippen molar-refractivity contribution < 1.29 is 0 Å². The summed E-state index contributed by atoms with van der Waals surface area (Å²) in [7, 11) is 4.14. The van der Waals surface area contributed by atoms with Crippen LogP contribution in [0.5, 0.6) is 0 Å². The number of nitrogens with two attached hydrogens (primary N) is 1. The van der Waals surface area contributed by atoms with Gasteiger partial charge in [-0.2, -0.15) is 0 Å². The lowest BCUT2D eigenvalue weighted by Crippen LogP contribution is -2.41. The molecule has 0 amide bonds. The van der Waals surface area contributed by atoms with E-state index in [4.69, 9.17) is 18.0 Å². The summed E-state index contributed by atoms with van der Waals surface area (Å²) >= 11 is 5.10. The molecule has 0 spiro atoms. The number of rotatable bonds is 6. The zero-order valence-corrected chi connectivity index (χ0v) is 12.4. The summed E-state index contributed by atoms with van der Waals surface area (Å²) in [5, 5.41) is 0. The van der Waals surface area contributed by atoms with Gasteiger partial charge in [-0.15, -0.1) is 0 Å². The highest BCUT2D eigenvalue weighted by Crippen LogP contribution is 2.21. The third-order valence-electron chi connectivity index (χ3n) is 2.88. The summed E-state index contributed by atoms with van der Waals surface area (Å²) in [5.41, 5.74) is 7.69. The maximum absolute atomic E-state index is 5.78. The van der Waals surface area contributed by atoms with Crippen molar-refractivity contribution in [1.82, 2.24) is 9.88 Å².